The number of benzene rings is 1. The lowest BCUT2D eigenvalue weighted by molar-refractivity contribution is -0.134. The molecule has 126 valence electrons. The highest BCUT2D eigenvalue weighted by Crippen LogP contribution is 2.10. The van der Waals surface area contributed by atoms with Crippen molar-refractivity contribution in [2.45, 2.75) is 13.3 Å². The maximum Gasteiger partial charge on any atom is 0.242 e. The Kier molecular flexibility index (Phi) is 6.10. The summed E-state index contributed by atoms with van der Waals surface area (Å²) in [5.41, 5.74) is 0.902. The molecule has 0 spiro atoms. The van der Waals surface area contributed by atoms with Gasteiger partial charge in [-0.05, 0) is 31.2 Å². The summed E-state index contributed by atoms with van der Waals surface area (Å²) in [4.78, 5) is 28.1. The second kappa shape index (κ2) is 8.06. The largest absolute Gasteiger partial charge is 0.347 e. The van der Waals surface area contributed by atoms with Crippen molar-refractivity contribution in [1.82, 2.24) is 15.1 Å². The fourth-order valence-electron chi connectivity index (χ4n) is 2.57. The molecule has 0 saturated carbocycles. The molecular weight excluding hydrogens is 297 g/mol. The first-order valence-electron chi connectivity index (χ1n) is 7.94. The first-order valence-corrected chi connectivity index (χ1v) is 7.94. The first-order chi connectivity index (χ1) is 11.0. The number of nitrogens with one attached hydrogen (secondary N) is 1. The van der Waals surface area contributed by atoms with Crippen LogP contribution in [-0.2, 0) is 16.0 Å². The summed E-state index contributed by atoms with van der Waals surface area (Å²) in [7, 11) is 2.03. The van der Waals surface area contributed by atoms with Crippen LogP contribution in [0.5, 0.6) is 0 Å². The quantitative estimate of drug-likeness (QED) is 0.876. The van der Waals surface area contributed by atoms with E-state index in [0.717, 1.165) is 18.7 Å². The zero-order valence-electron chi connectivity index (χ0n) is 13.7. The van der Waals surface area contributed by atoms with E-state index in [2.05, 4.69) is 10.2 Å². The van der Waals surface area contributed by atoms with Crippen LogP contribution >= 0.6 is 0 Å². The average Bonchev–Trinajstić information content (AvgIpc) is 2.55. The minimum atomic E-state index is -0.288. The van der Waals surface area contributed by atoms with E-state index in [-0.39, 0.29) is 30.1 Å². The van der Waals surface area contributed by atoms with Crippen LogP contribution in [0.2, 0.25) is 0 Å². The summed E-state index contributed by atoms with van der Waals surface area (Å²) in [6.45, 7) is 4.98. The maximum atomic E-state index is 12.9. The van der Waals surface area contributed by atoms with Crippen molar-refractivity contribution in [1.29, 1.82) is 0 Å². The molecule has 1 heterocycles. The Bertz CT molecular complexity index is 539. The predicted octanol–water partition coefficient (Wildman–Crippen LogP) is 0.894. The van der Waals surface area contributed by atoms with Crippen LogP contribution < -0.4 is 5.32 Å². The lowest BCUT2D eigenvalue weighted by Crippen LogP contribution is -2.50. The van der Waals surface area contributed by atoms with Gasteiger partial charge in [-0.25, -0.2) is 4.39 Å². The number of likely N-dealkylation sites (N-methyl/N-ethyl adjacent to an activating group) is 1. The molecule has 0 aromatic heterocycles. The molecule has 6 heteroatoms. The molecule has 1 unspecified atom stereocenters. The molecule has 23 heavy (non-hydrogen) atoms. The van der Waals surface area contributed by atoms with Gasteiger partial charge in [-0.3, -0.25) is 9.59 Å². The molecule has 2 amide bonds. The van der Waals surface area contributed by atoms with Gasteiger partial charge in [0.15, 0.2) is 0 Å². The van der Waals surface area contributed by atoms with Crippen LogP contribution in [0.25, 0.3) is 0 Å². The zero-order chi connectivity index (χ0) is 16.8. The third-order valence-corrected chi connectivity index (χ3v) is 4.17. The summed E-state index contributed by atoms with van der Waals surface area (Å²) < 4.78 is 12.9. The monoisotopic (exact) mass is 321 g/mol. The number of nitrogens with zero attached hydrogens (tertiary/aromatic N) is 2. The molecule has 2 rings (SSSR count). The zero-order valence-corrected chi connectivity index (χ0v) is 13.7. The first kappa shape index (κ1) is 17.4. The highest BCUT2D eigenvalue weighted by atomic mass is 19.1. The lowest BCUT2D eigenvalue weighted by Gasteiger charge is -2.32. The van der Waals surface area contributed by atoms with Gasteiger partial charge in [-0.15, -0.1) is 0 Å². The molecule has 1 fully saturated rings. The Balaban J connectivity index is 1.75. The summed E-state index contributed by atoms with van der Waals surface area (Å²) >= 11 is 0. The molecule has 1 atom stereocenters. The molecule has 0 bridgehead atoms. The number of hydrogen-bond acceptors (Lipinski definition) is 3. The van der Waals surface area contributed by atoms with Gasteiger partial charge in [0.2, 0.25) is 11.8 Å². The molecule has 0 radical (unpaired) electrons. The van der Waals surface area contributed by atoms with Crippen molar-refractivity contribution in [3.8, 4) is 0 Å². The van der Waals surface area contributed by atoms with E-state index in [9.17, 15) is 14.0 Å². The molecule has 1 saturated heterocycles. The third-order valence-electron chi connectivity index (χ3n) is 4.17. The van der Waals surface area contributed by atoms with Gasteiger partial charge in [0, 0.05) is 32.1 Å². The number of carbonyl (C=O) groups is 2. The molecule has 5 nitrogen and oxygen atoms in total. The minimum Gasteiger partial charge on any atom is -0.347 e. The maximum absolute atomic E-state index is 12.9. The van der Waals surface area contributed by atoms with Gasteiger partial charge in [-0.1, -0.05) is 19.1 Å². The molecule has 1 aromatic carbocycles. The van der Waals surface area contributed by atoms with Crippen LogP contribution in [0.4, 0.5) is 4.39 Å². The lowest BCUT2D eigenvalue weighted by atomic mass is 10.0. The van der Waals surface area contributed by atoms with E-state index in [1.54, 1.807) is 24.0 Å². The van der Waals surface area contributed by atoms with E-state index < -0.39 is 0 Å². The average molecular weight is 321 g/mol. The SMILES string of the molecule is CC(Cc1ccc(F)cc1)C(=O)NCC(=O)N1CCN(C)CC1. The Hall–Kier alpha value is -1.95. The van der Waals surface area contributed by atoms with Crippen molar-refractivity contribution < 1.29 is 14.0 Å². The number of hydrogen-bond donors (Lipinski definition) is 1. The Morgan fingerprint density at radius 2 is 1.78 bits per heavy atom. The second-order valence-corrected chi connectivity index (χ2v) is 6.13. The normalized spacial score (nSPS) is 16.9. The third kappa shape index (κ3) is 5.32. The fraction of sp³-hybridized carbons (Fsp3) is 0.529. The van der Waals surface area contributed by atoms with E-state index in [1.165, 1.54) is 12.1 Å². The molecule has 1 aliphatic heterocycles. The van der Waals surface area contributed by atoms with Crippen LogP contribution in [0.15, 0.2) is 24.3 Å². The van der Waals surface area contributed by atoms with Crippen molar-refractivity contribution in [2.75, 3.05) is 39.8 Å². The van der Waals surface area contributed by atoms with Gasteiger partial charge in [-0.2, -0.15) is 0 Å². The van der Waals surface area contributed by atoms with Gasteiger partial charge in [0.1, 0.15) is 5.82 Å². The van der Waals surface area contributed by atoms with Crippen LogP contribution in [0.1, 0.15) is 12.5 Å². The van der Waals surface area contributed by atoms with Crippen LogP contribution in [0, 0.1) is 11.7 Å². The topological polar surface area (TPSA) is 52.7 Å². The summed E-state index contributed by atoms with van der Waals surface area (Å²) in [6, 6.07) is 6.12. The number of carbonyl (C=O) groups excluding carboxylic acids is 2. The molecular formula is C17H24FN3O2. The summed E-state index contributed by atoms with van der Waals surface area (Å²) in [5.74, 6) is -0.749. The fourth-order valence-corrected chi connectivity index (χ4v) is 2.57. The summed E-state index contributed by atoms with van der Waals surface area (Å²) in [5, 5.41) is 2.70. The van der Waals surface area contributed by atoms with E-state index in [1.807, 2.05) is 7.05 Å². The van der Waals surface area contributed by atoms with Crippen LogP contribution in [-0.4, -0.2) is 61.4 Å². The second-order valence-electron chi connectivity index (χ2n) is 6.13. The number of piperazine rings is 1. The van der Waals surface area contributed by atoms with Gasteiger partial charge in [0.05, 0.1) is 6.54 Å². The van der Waals surface area contributed by atoms with Crippen LogP contribution in [0.3, 0.4) is 0 Å². The molecule has 1 aromatic rings. The Morgan fingerprint density at radius 1 is 1.17 bits per heavy atom. The standard InChI is InChI=1S/C17H24FN3O2/c1-13(11-14-3-5-15(18)6-4-14)17(23)19-12-16(22)21-9-7-20(2)8-10-21/h3-6,13H,7-12H2,1-2H3,(H,19,23). The smallest absolute Gasteiger partial charge is 0.242 e. The van der Waals surface area contributed by atoms with Crippen molar-refractivity contribution in [2.24, 2.45) is 5.92 Å². The highest BCUT2D eigenvalue weighted by Gasteiger charge is 2.20. The molecule has 1 N–H and O–H groups in total. The summed E-state index contributed by atoms with van der Waals surface area (Å²) in [6.07, 6.45) is 0.523. The predicted molar refractivity (Wildman–Crippen MR) is 86.4 cm³/mol. The van der Waals surface area contributed by atoms with E-state index in [4.69, 9.17) is 0 Å². The molecule has 0 aliphatic carbocycles. The number of rotatable bonds is 5. The molecule has 1 aliphatic rings. The van der Waals surface area contributed by atoms with Crippen molar-refractivity contribution in [3.05, 3.63) is 35.6 Å². The van der Waals surface area contributed by atoms with Crippen molar-refractivity contribution in [3.63, 3.8) is 0 Å². The Morgan fingerprint density at radius 3 is 2.39 bits per heavy atom. The van der Waals surface area contributed by atoms with Gasteiger partial charge < -0.3 is 15.1 Å². The highest BCUT2D eigenvalue weighted by molar-refractivity contribution is 5.85. The Labute approximate surface area is 136 Å². The van der Waals surface area contributed by atoms with E-state index >= 15 is 0 Å². The minimum absolute atomic E-state index is 0.0380. The van der Waals surface area contributed by atoms with Gasteiger partial charge >= 0.3 is 0 Å². The number of halogens is 1. The van der Waals surface area contributed by atoms with E-state index in [0.29, 0.717) is 19.5 Å². The number of amides is 2. The van der Waals surface area contributed by atoms with Gasteiger partial charge in [0.25, 0.3) is 0 Å². The van der Waals surface area contributed by atoms with Crippen molar-refractivity contribution >= 4 is 11.8 Å².